The molecule has 3 nitrogen and oxygen atoms in total. The van der Waals surface area contributed by atoms with Crippen LogP contribution in [0, 0.1) is 0 Å². The lowest BCUT2D eigenvalue weighted by molar-refractivity contribution is 0.305. The average Bonchev–Trinajstić information content (AvgIpc) is 2.55. The van der Waals surface area contributed by atoms with Gasteiger partial charge in [0.1, 0.15) is 12.4 Å². The van der Waals surface area contributed by atoms with Gasteiger partial charge >= 0.3 is 0 Å². The summed E-state index contributed by atoms with van der Waals surface area (Å²) < 4.78 is 6.92. The molecule has 1 N–H and O–H groups in total. The monoisotopic (exact) mass is 376 g/mol. The van der Waals surface area contributed by atoms with E-state index in [1.807, 2.05) is 30.3 Å². The zero-order valence-electron chi connectivity index (χ0n) is 13.9. The lowest BCUT2D eigenvalue weighted by Crippen LogP contribution is -2.20. The van der Waals surface area contributed by atoms with Crippen molar-refractivity contribution in [3.05, 3.63) is 64.1 Å². The van der Waals surface area contributed by atoms with E-state index in [4.69, 9.17) is 4.74 Å². The van der Waals surface area contributed by atoms with E-state index in [0.717, 1.165) is 35.4 Å². The summed E-state index contributed by atoms with van der Waals surface area (Å²) in [6.07, 6.45) is 1.17. The summed E-state index contributed by atoms with van der Waals surface area (Å²) in [5, 5.41) is 3.47. The van der Waals surface area contributed by atoms with E-state index in [-0.39, 0.29) is 0 Å². The highest BCUT2D eigenvalue weighted by atomic mass is 79.9. The van der Waals surface area contributed by atoms with Crippen LogP contribution in [0.1, 0.15) is 17.5 Å². The number of halogens is 1. The van der Waals surface area contributed by atoms with Crippen molar-refractivity contribution >= 4 is 15.9 Å². The molecule has 2 aromatic rings. The third kappa shape index (κ3) is 6.73. The predicted molar refractivity (Wildman–Crippen MR) is 99.8 cm³/mol. The minimum atomic E-state index is 0.573. The summed E-state index contributed by atoms with van der Waals surface area (Å²) in [5.41, 5.74) is 2.43. The zero-order chi connectivity index (χ0) is 16.5. The van der Waals surface area contributed by atoms with Crippen LogP contribution in [0.25, 0.3) is 0 Å². The number of benzene rings is 2. The highest BCUT2D eigenvalue weighted by Gasteiger charge is 2.00. The van der Waals surface area contributed by atoms with Crippen LogP contribution in [0.2, 0.25) is 0 Å². The van der Waals surface area contributed by atoms with Gasteiger partial charge in [-0.3, -0.25) is 0 Å². The Hall–Kier alpha value is -1.36. The molecule has 0 heterocycles. The maximum absolute atomic E-state index is 5.84. The smallest absolute Gasteiger partial charge is 0.119 e. The van der Waals surface area contributed by atoms with Gasteiger partial charge in [-0.25, -0.2) is 0 Å². The van der Waals surface area contributed by atoms with Gasteiger partial charge in [0.05, 0.1) is 0 Å². The highest BCUT2D eigenvalue weighted by molar-refractivity contribution is 9.10. The number of ether oxygens (including phenoxy) is 1. The quantitative estimate of drug-likeness (QED) is 0.667. The first-order valence-corrected chi connectivity index (χ1v) is 8.75. The van der Waals surface area contributed by atoms with Crippen LogP contribution < -0.4 is 10.1 Å². The summed E-state index contributed by atoms with van der Waals surface area (Å²) in [5.74, 6) is 0.900. The molecule has 0 bridgehead atoms. The van der Waals surface area contributed by atoms with E-state index < -0.39 is 0 Å². The van der Waals surface area contributed by atoms with Gasteiger partial charge in [0.15, 0.2) is 0 Å². The summed E-state index contributed by atoms with van der Waals surface area (Å²) in [7, 11) is 4.21. The lowest BCUT2D eigenvalue weighted by Gasteiger charge is -2.11. The molecule has 0 aliphatic carbocycles. The first kappa shape index (κ1) is 18.0. The summed E-state index contributed by atoms with van der Waals surface area (Å²) in [4.78, 5) is 2.21. The third-order valence-electron chi connectivity index (χ3n) is 3.56. The van der Waals surface area contributed by atoms with E-state index in [1.54, 1.807) is 0 Å². The molecule has 0 amide bonds. The minimum absolute atomic E-state index is 0.573. The summed E-state index contributed by atoms with van der Waals surface area (Å²) >= 11 is 3.54. The Morgan fingerprint density at radius 1 is 1.04 bits per heavy atom. The Morgan fingerprint density at radius 2 is 1.78 bits per heavy atom. The van der Waals surface area contributed by atoms with Crippen LogP contribution in [0.15, 0.2) is 53.0 Å². The summed E-state index contributed by atoms with van der Waals surface area (Å²) in [6.45, 7) is 3.63. The van der Waals surface area contributed by atoms with Gasteiger partial charge < -0.3 is 15.0 Å². The van der Waals surface area contributed by atoms with Crippen LogP contribution in [0.5, 0.6) is 5.75 Å². The predicted octanol–water partition coefficient (Wildman–Crippen LogP) is 4.07. The Bertz CT molecular complexity index is 584. The van der Waals surface area contributed by atoms with E-state index >= 15 is 0 Å². The molecule has 0 radical (unpaired) electrons. The molecule has 2 rings (SSSR count). The second-order valence-electron chi connectivity index (χ2n) is 5.86. The second kappa shape index (κ2) is 9.71. The largest absolute Gasteiger partial charge is 0.489 e. The zero-order valence-corrected chi connectivity index (χ0v) is 15.5. The van der Waals surface area contributed by atoms with E-state index in [0.29, 0.717) is 6.61 Å². The Balaban J connectivity index is 1.73. The highest BCUT2D eigenvalue weighted by Crippen LogP contribution is 2.19. The molecule has 0 fully saturated rings. The molecule has 0 unspecified atom stereocenters. The van der Waals surface area contributed by atoms with Crippen molar-refractivity contribution < 1.29 is 4.74 Å². The first-order chi connectivity index (χ1) is 11.1. The fraction of sp³-hybridized carbons (Fsp3) is 0.368. The molecular formula is C19H25BrN2O. The van der Waals surface area contributed by atoms with Gasteiger partial charge in [0, 0.05) is 16.6 Å². The Morgan fingerprint density at radius 3 is 2.48 bits per heavy atom. The molecule has 124 valence electrons. The average molecular weight is 377 g/mol. The van der Waals surface area contributed by atoms with Gasteiger partial charge in [-0.1, -0.05) is 46.3 Å². The normalized spacial score (nSPS) is 11.0. The van der Waals surface area contributed by atoms with Crippen molar-refractivity contribution in [2.45, 2.75) is 19.6 Å². The van der Waals surface area contributed by atoms with Crippen molar-refractivity contribution in [2.24, 2.45) is 0 Å². The Labute approximate surface area is 147 Å². The van der Waals surface area contributed by atoms with Crippen LogP contribution in [0.3, 0.4) is 0 Å². The topological polar surface area (TPSA) is 24.5 Å². The van der Waals surface area contributed by atoms with E-state index in [1.165, 1.54) is 12.0 Å². The molecule has 0 aliphatic rings. The molecular weight excluding hydrogens is 352 g/mol. The number of nitrogens with zero attached hydrogens (tertiary/aromatic N) is 1. The second-order valence-corrected chi connectivity index (χ2v) is 6.71. The van der Waals surface area contributed by atoms with Crippen LogP contribution in [0.4, 0.5) is 0 Å². The van der Waals surface area contributed by atoms with E-state index in [2.05, 4.69) is 58.4 Å². The molecule has 0 saturated heterocycles. The van der Waals surface area contributed by atoms with Gasteiger partial charge in [-0.05, 0) is 57.4 Å². The lowest BCUT2D eigenvalue weighted by atomic mass is 10.2. The molecule has 0 aromatic heterocycles. The van der Waals surface area contributed by atoms with Crippen molar-refractivity contribution in [1.29, 1.82) is 0 Å². The van der Waals surface area contributed by atoms with Gasteiger partial charge in [0.25, 0.3) is 0 Å². The number of nitrogens with one attached hydrogen (secondary N) is 1. The van der Waals surface area contributed by atoms with E-state index in [9.17, 15) is 0 Å². The van der Waals surface area contributed by atoms with Crippen molar-refractivity contribution in [3.63, 3.8) is 0 Å². The van der Waals surface area contributed by atoms with Crippen LogP contribution >= 0.6 is 15.9 Å². The van der Waals surface area contributed by atoms with Crippen molar-refractivity contribution in [3.8, 4) is 5.75 Å². The van der Waals surface area contributed by atoms with Gasteiger partial charge in [-0.2, -0.15) is 0 Å². The first-order valence-electron chi connectivity index (χ1n) is 7.96. The Kier molecular flexibility index (Phi) is 7.59. The fourth-order valence-corrected chi connectivity index (χ4v) is 2.63. The number of hydrogen-bond donors (Lipinski definition) is 1. The van der Waals surface area contributed by atoms with Crippen molar-refractivity contribution in [1.82, 2.24) is 10.2 Å². The standard InChI is InChI=1S/C19H25BrN2O/c1-22(2)13-5-12-21-14-16-8-10-18(11-9-16)23-15-17-6-3-4-7-19(17)20/h3-4,6-11,21H,5,12-15H2,1-2H3. The molecule has 2 aromatic carbocycles. The third-order valence-corrected chi connectivity index (χ3v) is 4.34. The fourth-order valence-electron chi connectivity index (χ4n) is 2.23. The molecule has 0 aliphatic heterocycles. The van der Waals surface area contributed by atoms with Crippen LogP contribution in [-0.4, -0.2) is 32.1 Å². The van der Waals surface area contributed by atoms with Crippen molar-refractivity contribution in [2.75, 3.05) is 27.2 Å². The maximum atomic E-state index is 5.84. The van der Waals surface area contributed by atoms with Gasteiger partial charge in [-0.15, -0.1) is 0 Å². The number of rotatable bonds is 9. The maximum Gasteiger partial charge on any atom is 0.119 e. The number of hydrogen-bond acceptors (Lipinski definition) is 3. The van der Waals surface area contributed by atoms with Crippen LogP contribution in [-0.2, 0) is 13.2 Å². The molecule has 4 heteroatoms. The molecule has 0 saturated carbocycles. The van der Waals surface area contributed by atoms with Gasteiger partial charge in [0.2, 0.25) is 0 Å². The molecule has 0 spiro atoms. The summed E-state index contributed by atoms with van der Waals surface area (Å²) in [6, 6.07) is 16.4. The molecule has 0 atom stereocenters. The SMILES string of the molecule is CN(C)CCCNCc1ccc(OCc2ccccc2Br)cc1. The molecule has 23 heavy (non-hydrogen) atoms. The minimum Gasteiger partial charge on any atom is -0.489 e.